The smallest absolute Gasteiger partial charge is 0.0453 e. The Morgan fingerprint density at radius 3 is 2.89 bits per heavy atom. The van der Waals surface area contributed by atoms with Crippen LogP contribution < -0.4 is 5.32 Å². The highest BCUT2D eigenvalue weighted by Gasteiger charge is 2.24. The molecule has 1 fully saturated rings. The fourth-order valence-electron chi connectivity index (χ4n) is 2.70. The third-order valence-electron chi connectivity index (χ3n) is 3.79. The van der Waals surface area contributed by atoms with Gasteiger partial charge >= 0.3 is 0 Å². The fourth-order valence-corrected chi connectivity index (χ4v) is 3.83. The average Bonchev–Trinajstić information content (AvgIpc) is 2.72. The summed E-state index contributed by atoms with van der Waals surface area (Å²) in [5, 5.41) is 5.86. The summed E-state index contributed by atoms with van der Waals surface area (Å²) in [5.74, 6) is 0. The molecule has 0 spiro atoms. The summed E-state index contributed by atoms with van der Waals surface area (Å²) in [6.07, 6.45) is 1.19. The van der Waals surface area contributed by atoms with Gasteiger partial charge in [-0.25, -0.2) is 0 Å². The number of piperazine rings is 1. The van der Waals surface area contributed by atoms with E-state index in [1.807, 2.05) is 11.3 Å². The minimum atomic E-state index is 0.536. The molecule has 4 heteroatoms. The Kier molecular flexibility index (Phi) is 4.78. The minimum Gasteiger partial charge on any atom is -0.311 e. The van der Waals surface area contributed by atoms with Crippen LogP contribution in [-0.4, -0.2) is 56.6 Å². The molecule has 102 valence electrons. The van der Waals surface area contributed by atoms with Crippen molar-refractivity contribution in [2.75, 3.05) is 40.8 Å². The largest absolute Gasteiger partial charge is 0.311 e. The second-order valence-electron chi connectivity index (χ2n) is 5.60. The van der Waals surface area contributed by atoms with E-state index in [-0.39, 0.29) is 0 Å². The van der Waals surface area contributed by atoms with Crippen LogP contribution >= 0.6 is 11.3 Å². The monoisotopic (exact) mass is 267 g/mol. The van der Waals surface area contributed by atoms with Gasteiger partial charge in [0.1, 0.15) is 0 Å². The molecule has 2 rings (SSSR count). The lowest BCUT2D eigenvalue weighted by molar-refractivity contribution is 0.191. The molecule has 2 atom stereocenters. The van der Waals surface area contributed by atoms with E-state index in [1.54, 1.807) is 0 Å². The molecule has 1 aliphatic heterocycles. The number of nitrogens with one attached hydrogen (secondary N) is 1. The number of nitrogens with zero attached hydrogens (tertiary/aromatic N) is 2. The molecule has 2 heterocycles. The summed E-state index contributed by atoms with van der Waals surface area (Å²) < 4.78 is 0. The Hall–Kier alpha value is -0.420. The van der Waals surface area contributed by atoms with Crippen LogP contribution in [0.25, 0.3) is 0 Å². The van der Waals surface area contributed by atoms with Crippen molar-refractivity contribution in [3.8, 4) is 0 Å². The maximum Gasteiger partial charge on any atom is 0.0453 e. The first-order valence-electron chi connectivity index (χ1n) is 6.70. The molecule has 0 saturated carbocycles. The predicted octanol–water partition coefficient (Wildman–Crippen LogP) is 1.95. The van der Waals surface area contributed by atoms with E-state index >= 15 is 0 Å². The first-order valence-corrected chi connectivity index (χ1v) is 7.58. The summed E-state index contributed by atoms with van der Waals surface area (Å²) in [6.45, 7) is 5.67. The molecule has 1 aromatic heterocycles. The molecule has 1 saturated heterocycles. The standard InChI is InChI=1S/C14H25N3S/c1-11-5-8-18-14(11)13(16(2)3)9-12-10-17(4)7-6-15-12/h5,8,12-13,15H,6-7,9-10H2,1-4H3. The molecular weight excluding hydrogens is 242 g/mol. The van der Waals surface area contributed by atoms with Gasteiger partial charge in [0.15, 0.2) is 0 Å². The number of likely N-dealkylation sites (N-methyl/N-ethyl adjacent to an activating group) is 1. The lowest BCUT2D eigenvalue weighted by Crippen LogP contribution is -2.50. The van der Waals surface area contributed by atoms with E-state index in [0.717, 1.165) is 13.1 Å². The lowest BCUT2D eigenvalue weighted by Gasteiger charge is -2.35. The van der Waals surface area contributed by atoms with E-state index < -0.39 is 0 Å². The van der Waals surface area contributed by atoms with E-state index in [4.69, 9.17) is 0 Å². The lowest BCUT2D eigenvalue weighted by atomic mass is 10.0. The zero-order chi connectivity index (χ0) is 13.1. The van der Waals surface area contributed by atoms with Gasteiger partial charge in [0.05, 0.1) is 0 Å². The summed E-state index contributed by atoms with van der Waals surface area (Å²) in [4.78, 5) is 6.31. The average molecular weight is 267 g/mol. The molecule has 1 N–H and O–H groups in total. The number of hydrogen-bond donors (Lipinski definition) is 1. The second kappa shape index (κ2) is 6.15. The van der Waals surface area contributed by atoms with Crippen LogP contribution in [0.15, 0.2) is 11.4 Å². The fraction of sp³-hybridized carbons (Fsp3) is 0.714. The summed E-state index contributed by atoms with van der Waals surface area (Å²) in [6, 6.07) is 3.38. The number of rotatable bonds is 4. The zero-order valence-corrected chi connectivity index (χ0v) is 12.8. The van der Waals surface area contributed by atoms with Gasteiger partial charge in [0.2, 0.25) is 0 Å². The van der Waals surface area contributed by atoms with E-state index in [2.05, 4.69) is 54.6 Å². The van der Waals surface area contributed by atoms with Crippen LogP contribution in [-0.2, 0) is 0 Å². The van der Waals surface area contributed by atoms with E-state index in [9.17, 15) is 0 Å². The Balaban J connectivity index is 2.05. The van der Waals surface area contributed by atoms with Crippen LogP contribution in [0, 0.1) is 6.92 Å². The van der Waals surface area contributed by atoms with Gasteiger partial charge < -0.3 is 15.1 Å². The zero-order valence-electron chi connectivity index (χ0n) is 11.9. The second-order valence-corrected chi connectivity index (χ2v) is 6.54. The van der Waals surface area contributed by atoms with Crippen molar-refractivity contribution in [1.82, 2.24) is 15.1 Å². The van der Waals surface area contributed by atoms with Gasteiger partial charge in [0, 0.05) is 36.6 Å². The molecule has 0 radical (unpaired) electrons. The summed E-state index contributed by atoms with van der Waals surface area (Å²) >= 11 is 1.89. The van der Waals surface area contributed by atoms with Gasteiger partial charge in [-0.2, -0.15) is 0 Å². The van der Waals surface area contributed by atoms with Gasteiger partial charge in [0.25, 0.3) is 0 Å². The molecule has 1 aromatic rings. The number of hydrogen-bond acceptors (Lipinski definition) is 4. The van der Waals surface area contributed by atoms with E-state index in [0.29, 0.717) is 12.1 Å². The quantitative estimate of drug-likeness (QED) is 0.899. The SMILES string of the molecule is Cc1ccsc1C(CC1CN(C)CCN1)N(C)C. The Morgan fingerprint density at radius 2 is 2.33 bits per heavy atom. The van der Waals surface area contributed by atoms with Crippen molar-refractivity contribution in [3.05, 3.63) is 21.9 Å². The van der Waals surface area contributed by atoms with Crippen LogP contribution in [0.1, 0.15) is 22.9 Å². The highest BCUT2D eigenvalue weighted by atomic mass is 32.1. The van der Waals surface area contributed by atoms with Crippen LogP contribution in [0.5, 0.6) is 0 Å². The molecule has 0 aromatic carbocycles. The van der Waals surface area contributed by atoms with Crippen molar-refractivity contribution in [2.24, 2.45) is 0 Å². The molecule has 1 aliphatic rings. The molecule has 18 heavy (non-hydrogen) atoms. The molecular formula is C14H25N3S. The summed E-state index contributed by atoms with van der Waals surface area (Å²) in [7, 11) is 6.60. The van der Waals surface area contributed by atoms with Gasteiger partial charge in [-0.3, -0.25) is 0 Å². The molecule has 3 nitrogen and oxygen atoms in total. The topological polar surface area (TPSA) is 18.5 Å². The third kappa shape index (κ3) is 3.32. The Bertz CT molecular complexity index is 375. The van der Waals surface area contributed by atoms with Gasteiger partial charge in [-0.15, -0.1) is 11.3 Å². The molecule has 2 unspecified atom stereocenters. The first-order chi connectivity index (χ1) is 8.58. The van der Waals surface area contributed by atoms with Crippen molar-refractivity contribution in [3.63, 3.8) is 0 Å². The molecule has 0 bridgehead atoms. The normalized spacial score (nSPS) is 23.5. The summed E-state index contributed by atoms with van der Waals surface area (Å²) in [5.41, 5.74) is 1.43. The van der Waals surface area contributed by atoms with Crippen LogP contribution in [0.3, 0.4) is 0 Å². The maximum atomic E-state index is 3.65. The minimum absolute atomic E-state index is 0.536. The van der Waals surface area contributed by atoms with Crippen molar-refractivity contribution in [1.29, 1.82) is 0 Å². The van der Waals surface area contributed by atoms with Crippen molar-refractivity contribution < 1.29 is 0 Å². The Labute approximate surface area is 115 Å². The van der Waals surface area contributed by atoms with Gasteiger partial charge in [-0.05, 0) is 51.5 Å². The maximum absolute atomic E-state index is 3.65. The van der Waals surface area contributed by atoms with Crippen LogP contribution in [0.2, 0.25) is 0 Å². The highest BCUT2D eigenvalue weighted by molar-refractivity contribution is 7.10. The third-order valence-corrected chi connectivity index (χ3v) is 4.91. The Morgan fingerprint density at radius 1 is 1.56 bits per heavy atom. The van der Waals surface area contributed by atoms with Crippen molar-refractivity contribution in [2.45, 2.75) is 25.4 Å². The molecule has 0 amide bonds. The van der Waals surface area contributed by atoms with Crippen molar-refractivity contribution >= 4 is 11.3 Å². The predicted molar refractivity (Wildman–Crippen MR) is 79.4 cm³/mol. The van der Waals surface area contributed by atoms with Gasteiger partial charge in [-0.1, -0.05) is 0 Å². The number of thiophene rings is 1. The number of aryl methyl sites for hydroxylation is 1. The first kappa shape index (κ1) is 14.0. The highest BCUT2D eigenvalue weighted by Crippen LogP contribution is 2.31. The van der Waals surface area contributed by atoms with Crippen LogP contribution in [0.4, 0.5) is 0 Å². The van der Waals surface area contributed by atoms with E-state index in [1.165, 1.54) is 23.4 Å². The molecule has 0 aliphatic carbocycles.